The number of hydrogen-bond acceptors (Lipinski definition) is 5. The molecule has 2 rings (SSSR count). The number of nitrogens with one attached hydrogen (secondary N) is 1. The second kappa shape index (κ2) is 6.70. The zero-order valence-corrected chi connectivity index (χ0v) is 13.4. The first kappa shape index (κ1) is 16.2. The van der Waals surface area contributed by atoms with Crippen molar-refractivity contribution < 1.29 is 9.53 Å². The molecule has 2 aromatic rings. The van der Waals surface area contributed by atoms with Crippen LogP contribution in [0.1, 0.15) is 32.2 Å². The number of rotatable bonds is 3. The predicted molar refractivity (Wildman–Crippen MR) is 83.8 cm³/mol. The molecule has 1 N–H and O–H groups in total. The van der Waals surface area contributed by atoms with Crippen molar-refractivity contribution in [1.82, 2.24) is 15.0 Å². The Morgan fingerprint density at radius 1 is 1.18 bits per heavy atom. The number of carbonyl (C=O) groups is 1. The van der Waals surface area contributed by atoms with Crippen molar-refractivity contribution in [3.63, 3.8) is 0 Å². The third kappa shape index (κ3) is 4.66. The van der Waals surface area contributed by atoms with Gasteiger partial charge < -0.3 is 4.74 Å². The molecule has 0 unspecified atom stereocenters. The van der Waals surface area contributed by atoms with Crippen molar-refractivity contribution in [3.8, 4) is 0 Å². The second-order valence-corrected chi connectivity index (χ2v) is 6.03. The lowest BCUT2D eigenvalue weighted by Gasteiger charge is -2.16. The number of nitrogens with zero attached hydrogens (tertiary/aromatic N) is 3. The molecule has 0 bridgehead atoms. The fraction of sp³-hybridized carbons (Fsp3) is 0.333. The number of aromatic nitrogens is 3. The van der Waals surface area contributed by atoms with Crippen LogP contribution < -0.4 is 5.32 Å². The number of anilines is 1. The lowest BCUT2D eigenvalue weighted by atomic mass is 9.96. The number of carbonyl (C=O) groups excluding carboxylic acids is 1. The fourth-order valence-corrected chi connectivity index (χ4v) is 1.75. The Bertz CT molecular complexity index is 656. The van der Waals surface area contributed by atoms with E-state index < -0.39 is 6.09 Å². The van der Waals surface area contributed by atoms with Crippen molar-refractivity contribution >= 4 is 23.6 Å². The summed E-state index contributed by atoms with van der Waals surface area (Å²) in [5, 5.41) is 2.48. The minimum Gasteiger partial charge on any atom is -0.444 e. The molecule has 0 aliphatic heterocycles. The van der Waals surface area contributed by atoms with Gasteiger partial charge in [-0.2, -0.15) is 9.97 Å². The van der Waals surface area contributed by atoms with Crippen LogP contribution in [-0.4, -0.2) is 21.0 Å². The maximum absolute atomic E-state index is 11.8. The average molecular weight is 321 g/mol. The van der Waals surface area contributed by atoms with Gasteiger partial charge in [-0.3, -0.25) is 5.32 Å². The van der Waals surface area contributed by atoms with Crippen LogP contribution in [0.4, 0.5) is 10.7 Å². The third-order valence-corrected chi connectivity index (χ3v) is 2.87. The molecule has 1 heterocycles. The van der Waals surface area contributed by atoms with Crippen LogP contribution >= 0.6 is 11.6 Å². The summed E-state index contributed by atoms with van der Waals surface area (Å²) in [7, 11) is 0. The summed E-state index contributed by atoms with van der Waals surface area (Å²) >= 11 is 5.86. The third-order valence-electron chi connectivity index (χ3n) is 2.71. The van der Waals surface area contributed by atoms with Gasteiger partial charge in [0.15, 0.2) is 0 Å². The highest BCUT2D eigenvalue weighted by atomic mass is 35.5. The van der Waals surface area contributed by atoms with Crippen molar-refractivity contribution in [3.05, 3.63) is 47.0 Å². The van der Waals surface area contributed by atoms with E-state index in [0.717, 1.165) is 5.56 Å². The van der Waals surface area contributed by atoms with Gasteiger partial charge in [0.05, 0.1) is 0 Å². The molecule has 116 valence electrons. The Morgan fingerprint density at radius 2 is 1.86 bits per heavy atom. The van der Waals surface area contributed by atoms with Gasteiger partial charge in [-0.05, 0) is 17.2 Å². The molecule has 0 saturated heterocycles. The molecular formula is C15H17ClN4O2. The molecule has 22 heavy (non-hydrogen) atoms. The Morgan fingerprint density at radius 3 is 2.50 bits per heavy atom. The summed E-state index contributed by atoms with van der Waals surface area (Å²) in [5.74, 6) is 0.564. The molecule has 0 saturated carbocycles. The van der Waals surface area contributed by atoms with Crippen molar-refractivity contribution in [1.29, 1.82) is 0 Å². The normalized spacial score (nSPS) is 11.1. The van der Waals surface area contributed by atoms with Crippen LogP contribution in [0.2, 0.25) is 5.28 Å². The Balaban J connectivity index is 2.01. The summed E-state index contributed by atoms with van der Waals surface area (Å²) in [6.07, 6.45) is -0.647. The highest BCUT2D eigenvalue weighted by Crippen LogP contribution is 2.20. The van der Waals surface area contributed by atoms with Crippen LogP contribution in [0.15, 0.2) is 30.3 Å². The topological polar surface area (TPSA) is 77.0 Å². The molecule has 0 aliphatic rings. The van der Waals surface area contributed by atoms with Gasteiger partial charge in [0.25, 0.3) is 0 Å². The molecule has 6 nitrogen and oxygen atoms in total. The molecule has 0 fully saturated rings. The van der Waals surface area contributed by atoms with Gasteiger partial charge >= 0.3 is 6.09 Å². The first-order chi connectivity index (χ1) is 10.3. The van der Waals surface area contributed by atoms with Crippen LogP contribution in [-0.2, 0) is 16.8 Å². The Kier molecular flexibility index (Phi) is 4.92. The van der Waals surface area contributed by atoms with E-state index in [9.17, 15) is 4.79 Å². The summed E-state index contributed by atoms with van der Waals surface area (Å²) < 4.78 is 5.10. The first-order valence-corrected chi connectivity index (χ1v) is 7.12. The molecule has 1 aromatic heterocycles. The SMILES string of the molecule is CC(C)(C)c1nc(Cl)nc(NC(=O)OCc2ccccc2)n1. The van der Waals surface area contributed by atoms with E-state index >= 15 is 0 Å². The molecule has 0 spiro atoms. The van der Waals surface area contributed by atoms with Gasteiger partial charge in [-0.1, -0.05) is 51.1 Å². The quantitative estimate of drug-likeness (QED) is 0.935. The summed E-state index contributed by atoms with van der Waals surface area (Å²) in [6.45, 7) is 5.99. The molecular weight excluding hydrogens is 304 g/mol. The van der Waals surface area contributed by atoms with Crippen molar-refractivity contribution in [2.75, 3.05) is 5.32 Å². The standard InChI is InChI=1S/C15H17ClN4O2/c1-15(2,3)11-17-12(16)19-13(18-11)20-14(21)22-9-10-7-5-4-6-8-10/h4-8H,9H2,1-3H3,(H,17,18,19,20,21). The maximum Gasteiger partial charge on any atom is 0.414 e. The van der Waals surface area contributed by atoms with Gasteiger partial charge in [-0.25, -0.2) is 9.78 Å². The van der Waals surface area contributed by atoms with Gasteiger partial charge in [-0.15, -0.1) is 0 Å². The average Bonchev–Trinajstić information content (AvgIpc) is 2.45. The van der Waals surface area contributed by atoms with Crippen LogP contribution in [0.25, 0.3) is 0 Å². The van der Waals surface area contributed by atoms with Crippen LogP contribution in [0.5, 0.6) is 0 Å². The smallest absolute Gasteiger partial charge is 0.414 e. The van der Waals surface area contributed by atoms with E-state index in [2.05, 4.69) is 20.3 Å². The number of benzene rings is 1. The van der Waals surface area contributed by atoms with E-state index in [1.165, 1.54) is 0 Å². The lowest BCUT2D eigenvalue weighted by molar-refractivity contribution is 0.155. The Hall–Kier alpha value is -2.21. The minimum absolute atomic E-state index is 0.0262. The minimum atomic E-state index is -0.647. The number of amides is 1. The number of halogens is 1. The predicted octanol–water partition coefficient (Wildman–Crippen LogP) is 3.57. The van der Waals surface area contributed by atoms with E-state index in [4.69, 9.17) is 16.3 Å². The van der Waals surface area contributed by atoms with Gasteiger partial charge in [0.2, 0.25) is 11.2 Å². The summed E-state index contributed by atoms with van der Waals surface area (Å²) in [6, 6.07) is 9.37. The van der Waals surface area contributed by atoms with Gasteiger partial charge in [0.1, 0.15) is 12.4 Å². The summed E-state index contributed by atoms with van der Waals surface area (Å²) in [4.78, 5) is 23.9. The van der Waals surface area contributed by atoms with Crippen molar-refractivity contribution in [2.45, 2.75) is 32.8 Å². The van der Waals surface area contributed by atoms with Crippen LogP contribution in [0, 0.1) is 0 Å². The molecule has 0 atom stereocenters. The van der Waals surface area contributed by atoms with E-state index in [1.54, 1.807) is 0 Å². The highest BCUT2D eigenvalue weighted by Gasteiger charge is 2.20. The fourth-order valence-electron chi connectivity index (χ4n) is 1.59. The molecule has 0 aliphatic carbocycles. The molecule has 1 aromatic carbocycles. The van der Waals surface area contributed by atoms with Crippen LogP contribution in [0.3, 0.4) is 0 Å². The largest absolute Gasteiger partial charge is 0.444 e. The highest BCUT2D eigenvalue weighted by molar-refractivity contribution is 6.28. The zero-order chi connectivity index (χ0) is 16.2. The molecule has 0 radical (unpaired) electrons. The maximum atomic E-state index is 11.8. The monoisotopic (exact) mass is 320 g/mol. The first-order valence-electron chi connectivity index (χ1n) is 6.74. The second-order valence-electron chi connectivity index (χ2n) is 5.69. The lowest BCUT2D eigenvalue weighted by Crippen LogP contribution is -2.21. The number of hydrogen-bond donors (Lipinski definition) is 1. The Labute approximate surface area is 133 Å². The zero-order valence-electron chi connectivity index (χ0n) is 12.6. The van der Waals surface area contributed by atoms with E-state index in [1.807, 2.05) is 51.1 Å². The van der Waals surface area contributed by atoms with Gasteiger partial charge in [0, 0.05) is 5.41 Å². The van der Waals surface area contributed by atoms with Crippen molar-refractivity contribution in [2.24, 2.45) is 0 Å². The van der Waals surface area contributed by atoms with E-state index in [-0.39, 0.29) is 23.3 Å². The molecule has 1 amide bonds. The van der Waals surface area contributed by atoms with E-state index in [0.29, 0.717) is 5.82 Å². The summed E-state index contributed by atoms with van der Waals surface area (Å²) in [5.41, 5.74) is 0.582. The number of ether oxygens (including phenoxy) is 1. The molecule has 7 heteroatoms.